The van der Waals surface area contributed by atoms with E-state index in [9.17, 15) is 18.3 Å². The number of alkyl halides is 3. The highest BCUT2D eigenvalue weighted by molar-refractivity contribution is 5.37. The van der Waals surface area contributed by atoms with Crippen LogP contribution in [0.25, 0.3) is 0 Å². The first-order valence-corrected chi connectivity index (χ1v) is 8.25. The number of para-hydroxylation sites is 1. The van der Waals surface area contributed by atoms with Crippen molar-refractivity contribution in [2.45, 2.75) is 25.3 Å². The van der Waals surface area contributed by atoms with E-state index in [-0.39, 0.29) is 12.3 Å². The molecule has 2 N–H and O–H groups in total. The van der Waals surface area contributed by atoms with E-state index in [1.807, 2.05) is 6.92 Å². The molecule has 4 nitrogen and oxygen atoms in total. The maximum Gasteiger partial charge on any atom is 0.419 e. The highest BCUT2D eigenvalue weighted by Crippen LogP contribution is 2.38. The zero-order valence-corrected chi connectivity index (χ0v) is 14.6. The SMILES string of the molecule is CCOc1ccc(C(Oc2ccccc2C(F)(F)F)C(O)CNC)cc1. The normalized spacial score (nSPS) is 13.9. The molecule has 2 rings (SSSR count). The monoisotopic (exact) mass is 369 g/mol. The molecule has 2 aromatic carbocycles. The van der Waals surface area contributed by atoms with Crippen LogP contribution >= 0.6 is 0 Å². The van der Waals surface area contributed by atoms with Gasteiger partial charge in [-0.1, -0.05) is 24.3 Å². The molecule has 0 amide bonds. The van der Waals surface area contributed by atoms with Crippen molar-refractivity contribution in [1.29, 1.82) is 0 Å². The number of aliphatic hydroxyl groups is 1. The maximum absolute atomic E-state index is 13.2. The number of aliphatic hydroxyl groups excluding tert-OH is 1. The van der Waals surface area contributed by atoms with E-state index in [0.29, 0.717) is 17.9 Å². The smallest absolute Gasteiger partial charge is 0.419 e. The van der Waals surface area contributed by atoms with Crippen LogP contribution in [0.15, 0.2) is 48.5 Å². The van der Waals surface area contributed by atoms with Crippen LogP contribution in [-0.4, -0.2) is 31.4 Å². The van der Waals surface area contributed by atoms with E-state index in [2.05, 4.69) is 5.32 Å². The van der Waals surface area contributed by atoms with E-state index >= 15 is 0 Å². The van der Waals surface area contributed by atoms with Crippen molar-refractivity contribution in [2.24, 2.45) is 0 Å². The fraction of sp³-hybridized carbons (Fsp3) is 0.368. The molecular formula is C19H22F3NO3. The first-order valence-electron chi connectivity index (χ1n) is 8.25. The zero-order chi connectivity index (χ0) is 19.2. The van der Waals surface area contributed by atoms with Crippen molar-refractivity contribution in [3.05, 3.63) is 59.7 Å². The first-order chi connectivity index (χ1) is 12.4. The summed E-state index contributed by atoms with van der Waals surface area (Å²) < 4.78 is 50.6. The van der Waals surface area contributed by atoms with E-state index < -0.39 is 23.9 Å². The Bertz CT molecular complexity index is 689. The van der Waals surface area contributed by atoms with Crippen molar-refractivity contribution in [2.75, 3.05) is 20.2 Å². The third kappa shape index (κ3) is 5.12. The average molecular weight is 369 g/mol. The molecule has 0 saturated carbocycles. The molecule has 0 bridgehead atoms. The van der Waals surface area contributed by atoms with Gasteiger partial charge in [0.15, 0.2) is 6.10 Å². The van der Waals surface area contributed by atoms with Crippen molar-refractivity contribution >= 4 is 0 Å². The summed E-state index contributed by atoms with van der Waals surface area (Å²) in [5, 5.41) is 13.2. The molecule has 0 spiro atoms. The summed E-state index contributed by atoms with van der Waals surface area (Å²) in [6.07, 6.45) is -6.56. The number of halogens is 3. The molecule has 142 valence electrons. The minimum absolute atomic E-state index is 0.159. The Morgan fingerprint density at radius 2 is 1.73 bits per heavy atom. The van der Waals surface area contributed by atoms with E-state index in [0.717, 1.165) is 6.07 Å². The molecule has 0 heterocycles. The largest absolute Gasteiger partial charge is 0.494 e. The molecule has 2 unspecified atom stereocenters. The number of nitrogens with one attached hydrogen (secondary N) is 1. The second kappa shape index (κ2) is 8.91. The third-order valence-corrected chi connectivity index (χ3v) is 3.73. The third-order valence-electron chi connectivity index (χ3n) is 3.73. The molecule has 0 aliphatic heterocycles. The minimum atomic E-state index is -4.55. The van der Waals surface area contributed by atoms with Gasteiger partial charge in [0, 0.05) is 6.54 Å². The summed E-state index contributed by atoms with van der Waals surface area (Å²) in [6.45, 7) is 2.51. The lowest BCUT2D eigenvalue weighted by molar-refractivity contribution is -0.139. The second-order valence-corrected chi connectivity index (χ2v) is 5.66. The Kier molecular flexibility index (Phi) is 6.88. The summed E-state index contributed by atoms with van der Waals surface area (Å²) in [6, 6.07) is 11.7. The average Bonchev–Trinajstić information content (AvgIpc) is 2.60. The van der Waals surface area contributed by atoms with Crippen LogP contribution in [-0.2, 0) is 6.18 Å². The molecular weight excluding hydrogens is 347 g/mol. The molecule has 0 aliphatic rings. The number of likely N-dealkylation sites (N-methyl/N-ethyl adjacent to an activating group) is 1. The number of rotatable bonds is 8. The molecule has 0 fully saturated rings. The van der Waals surface area contributed by atoms with Crippen LogP contribution in [0.2, 0.25) is 0 Å². The predicted octanol–water partition coefficient (Wildman–Crippen LogP) is 3.80. The Labute approximate surface area is 150 Å². The number of benzene rings is 2. The molecule has 26 heavy (non-hydrogen) atoms. The fourth-order valence-corrected chi connectivity index (χ4v) is 2.55. The van der Waals surface area contributed by atoms with E-state index in [4.69, 9.17) is 9.47 Å². The molecule has 2 atom stereocenters. The topological polar surface area (TPSA) is 50.7 Å². The van der Waals surface area contributed by atoms with Crippen LogP contribution in [0.5, 0.6) is 11.5 Å². The van der Waals surface area contributed by atoms with Crippen molar-refractivity contribution < 1.29 is 27.8 Å². The van der Waals surface area contributed by atoms with E-state index in [1.54, 1.807) is 31.3 Å². The minimum Gasteiger partial charge on any atom is -0.494 e. The summed E-state index contributed by atoms with van der Waals surface area (Å²) in [7, 11) is 1.64. The molecule has 2 aromatic rings. The van der Waals surface area contributed by atoms with Crippen molar-refractivity contribution in [3.8, 4) is 11.5 Å². The quantitative estimate of drug-likeness (QED) is 0.743. The Morgan fingerprint density at radius 3 is 2.31 bits per heavy atom. The Hall–Kier alpha value is -2.25. The summed E-state index contributed by atoms with van der Waals surface area (Å²) in [5.74, 6) is 0.308. The van der Waals surface area contributed by atoms with Gasteiger partial charge in [0.05, 0.1) is 12.2 Å². The lowest BCUT2D eigenvalue weighted by atomic mass is 10.0. The second-order valence-electron chi connectivity index (χ2n) is 5.66. The fourth-order valence-electron chi connectivity index (χ4n) is 2.55. The van der Waals surface area contributed by atoms with Gasteiger partial charge in [0.25, 0.3) is 0 Å². The summed E-state index contributed by atoms with van der Waals surface area (Å²) >= 11 is 0. The molecule has 0 aromatic heterocycles. The number of hydrogen-bond acceptors (Lipinski definition) is 4. The summed E-state index contributed by atoms with van der Waals surface area (Å²) in [5.41, 5.74) is -0.333. The predicted molar refractivity (Wildman–Crippen MR) is 92.4 cm³/mol. The number of ether oxygens (including phenoxy) is 2. The van der Waals surface area contributed by atoms with E-state index in [1.165, 1.54) is 18.2 Å². The van der Waals surface area contributed by atoms with Gasteiger partial charge in [0.1, 0.15) is 17.6 Å². The van der Waals surface area contributed by atoms with Crippen LogP contribution < -0.4 is 14.8 Å². The highest BCUT2D eigenvalue weighted by Gasteiger charge is 2.35. The van der Waals surface area contributed by atoms with Gasteiger partial charge < -0.3 is 19.9 Å². The lowest BCUT2D eigenvalue weighted by Gasteiger charge is -2.26. The van der Waals surface area contributed by atoms with Gasteiger partial charge in [-0.25, -0.2) is 0 Å². The van der Waals surface area contributed by atoms with Gasteiger partial charge in [-0.05, 0) is 43.8 Å². The Balaban J connectivity index is 2.34. The van der Waals surface area contributed by atoms with Gasteiger partial charge in [-0.3, -0.25) is 0 Å². The highest BCUT2D eigenvalue weighted by atomic mass is 19.4. The molecule has 7 heteroatoms. The van der Waals surface area contributed by atoms with Crippen molar-refractivity contribution in [1.82, 2.24) is 5.32 Å². The van der Waals surface area contributed by atoms with Gasteiger partial charge >= 0.3 is 6.18 Å². The molecule has 0 saturated heterocycles. The molecule has 0 aliphatic carbocycles. The number of hydrogen-bond donors (Lipinski definition) is 2. The van der Waals surface area contributed by atoms with Crippen LogP contribution in [0.3, 0.4) is 0 Å². The zero-order valence-electron chi connectivity index (χ0n) is 14.6. The standard InChI is InChI=1S/C19H22F3NO3/c1-3-25-14-10-8-13(9-11-14)18(16(24)12-23-2)26-17-7-5-4-6-15(17)19(20,21)22/h4-11,16,18,23-24H,3,12H2,1-2H3. The first kappa shape index (κ1) is 20.1. The van der Waals surface area contributed by atoms with Crippen LogP contribution in [0.1, 0.15) is 24.2 Å². The summed E-state index contributed by atoms with van der Waals surface area (Å²) in [4.78, 5) is 0. The van der Waals surface area contributed by atoms with Gasteiger partial charge in [0.2, 0.25) is 0 Å². The van der Waals surface area contributed by atoms with Gasteiger partial charge in [-0.2, -0.15) is 13.2 Å². The Morgan fingerprint density at radius 1 is 1.08 bits per heavy atom. The lowest BCUT2D eigenvalue weighted by Crippen LogP contribution is -2.33. The van der Waals surface area contributed by atoms with Crippen LogP contribution in [0, 0.1) is 0 Å². The molecule has 0 radical (unpaired) electrons. The van der Waals surface area contributed by atoms with Crippen molar-refractivity contribution in [3.63, 3.8) is 0 Å². The maximum atomic E-state index is 13.2. The van der Waals surface area contributed by atoms with Gasteiger partial charge in [-0.15, -0.1) is 0 Å². The van der Waals surface area contributed by atoms with Crippen LogP contribution in [0.4, 0.5) is 13.2 Å².